The molecular weight excluding hydrogens is 280 g/mol. The topological polar surface area (TPSA) is 84.7 Å². The van der Waals surface area contributed by atoms with E-state index in [9.17, 15) is 4.79 Å². The van der Waals surface area contributed by atoms with Gasteiger partial charge in [-0.2, -0.15) is 4.98 Å². The molecule has 0 fully saturated rings. The summed E-state index contributed by atoms with van der Waals surface area (Å²) in [6.45, 7) is 0. The highest BCUT2D eigenvalue weighted by Gasteiger charge is 2.14. The van der Waals surface area contributed by atoms with Crippen LogP contribution in [0.25, 0.3) is 33.9 Å². The summed E-state index contributed by atoms with van der Waals surface area (Å²) in [5.74, 6) is 0.683. The second-order valence-electron chi connectivity index (χ2n) is 4.73. The second-order valence-corrected chi connectivity index (χ2v) is 4.73. The number of H-pyrrole nitrogens is 1. The number of pyridine rings is 2. The minimum Gasteiger partial charge on any atom is -0.334 e. The van der Waals surface area contributed by atoms with Gasteiger partial charge in [0, 0.05) is 23.2 Å². The molecule has 0 saturated carbocycles. The molecule has 3 heterocycles. The predicted molar refractivity (Wildman–Crippen MR) is 81.1 cm³/mol. The van der Waals surface area contributed by atoms with E-state index in [4.69, 9.17) is 4.52 Å². The minimum absolute atomic E-state index is 0.216. The Kier molecular flexibility index (Phi) is 2.79. The summed E-state index contributed by atoms with van der Waals surface area (Å²) in [5, 5.41) is 4.78. The van der Waals surface area contributed by atoms with Crippen molar-refractivity contribution in [2.75, 3.05) is 0 Å². The second kappa shape index (κ2) is 4.92. The van der Waals surface area contributed by atoms with Gasteiger partial charge in [0.25, 0.3) is 5.89 Å². The average Bonchev–Trinajstić information content (AvgIpc) is 3.05. The monoisotopic (exact) mass is 290 g/mol. The third kappa shape index (κ3) is 2.07. The Hall–Kier alpha value is -3.28. The highest BCUT2D eigenvalue weighted by molar-refractivity contribution is 5.92. The first-order chi connectivity index (χ1) is 10.8. The van der Waals surface area contributed by atoms with Gasteiger partial charge in [-0.25, -0.2) is 0 Å². The molecule has 22 heavy (non-hydrogen) atoms. The van der Waals surface area contributed by atoms with Gasteiger partial charge in [-0.05, 0) is 18.2 Å². The fourth-order valence-corrected chi connectivity index (χ4v) is 2.31. The number of hydrogen-bond acceptors (Lipinski definition) is 5. The van der Waals surface area contributed by atoms with E-state index in [1.54, 1.807) is 12.3 Å². The largest absolute Gasteiger partial charge is 0.334 e. The van der Waals surface area contributed by atoms with Gasteiger partial charge in [0.15, 0.2) is 0 Å². The van der Waals surface area contributed by atoms with E-state index in [0.29, 0.717) is 23.0 Å². The number of benzene rings is 1. The van der Waals surface area contributed by atoms with Crippen molar-refractivity contribution in [3.8, 4) is 23.0 Å². The maximum Gasteiger partial charge on any atom is 0.259 e. The van der Waals surface area contributed by atoms with Crippen molar-refractivity contribution in [1.29, 1.82) is 0 Å². The van der Waals surface area contributed by atoms with Gasteiger partial charge in [0.2, 0.25) is 11.4 Å². The average molecular weight is 290 g/mol. The van der Waals surface area contributed by atoms with Gasteiger partial charge in [-0.3, -0.25) is 9.78 Å². The molecule has 0 spiro atoms. The van der Waals surface area contributed by atoms with Crippen molar-refractivity contribution < 1.29 is 4.52 Å². The van der Waals surface area contributed by atoms with Gasteiger partial charge in [-0.15, -0.1) is 0 Å². The summed E-state index contributed by atoms with van der Waals surface area (Å²) in [4.78, 5) is 23.1. The summed E-state index contributed by atoms with van der Waals surface area (Å²) in [6, 6.07) is 14.4. The fourth-order valence-electron chi connectivity index (χ4n) is 2.31. The molecule has 1 aromatic carbocycles. The molecular formula is C16H10N4O2. The number of fused-ring (bicyclic) bond motifs is 1. The van der Waals surface area contributed by atoms with E-state index in [-0.39, 0.29) is 5.56 Å². The number of aromatic nitrogens is 4. The molecule has 0 bridgehead atoms. The number of aromatic amines is 1. The zero-order chi connectivity index (χ0) is 14.9. The first kappa shape index (κ1) is 12.5. The van der Waals surface area contributed by atoms with E-state index >= 15 is 0 Å². The SMILES string of the molecule is O=c1cc(-c2nc(-c3ccccn3)no2)c2ccccc2[nH]1. The summed E-state index contributed by atoms with van der Waals surface area (Å²) in [6.07, 6.45) is 1.66. The Morgan fingerprint density at radius 3 is 2.77 bits per heavy atom. The fraction of sp³-hybridized carbons (Fsp3) is 0. The maximum absolute atomic E-state index is 11.8. The summed E-state index contributed by atoms with van der Waals surface area (Å²) < 4.78 is 5.31. The quantitative estimate of drug-likeness (QED) is 0.613. The molecule has 4 aromatic rings. The van der Waals surface area contributed by atoms with Crippen LogP contribution in [0.3, 0.4) is 0 Å². The summed E-state index contributed by atoms with van der Waals surface area (Å²) in [5.41, 5.74) is 1.73. The molecule has 0 amide bonds. The Labute approximate surface area is 124 Å². The van der Waals surface area contributed by atoms with Gasteiger partial charge < -0.3 is 9.51 Å². The van der Waals surface area contributed by atoms with Crippen LogP contribution in [-0.4, -0.2) is 20.1 Å². The van der Waals surface area contributed by atoms with E-state index in [2.05, 4.69) is 20.1 Å². The molecule has 0 radical (unpaired) electrons. The number of nitrogens with one attached hydrogen (secondary N) is 1. The Morgan fingerprint density at radius 1 is 1.05 bits per heavy atom. The highest BCUT2D eigenvalue weighted by atomic mass is 16.5. The molecule has 0 saturated heterocycles. The van der Waals surface area contributed by atoms with Crippen molar-refractivity contribution in [2.24, 2.45) is 0 Å². The molecule has 0 aliphatic rings. The van der Waals surface area contributed by atoms with Crippen LogP contribution in [0.1, 0.15) is 0 Å². The third-order valence-corrected chi connectivity index (χ3v) is 3.30. The smallest absolute Gasteiger partial charge is 0.259 e. The van der Waals surface area contributed by atoms with Crippen molar-refractivity contribution in [3.63, 3.8) is 0 Å². The van der Waals surface area contributed by atoms with Gasteiger partial charge in [0.05, 0.1) is 5.56 Å². The lowest BCUT2D eigenvalue weighted by Gasteiger charge is -2.01. The van der Waals surface area contributed by atoms with Crippen LogP contribution in [0.2, 0.25) is 0 Å². The van der Waals surface area contributed by atoms with E-state index in [0.717, 1.165) is 10.9 Å². The number of nitrogens with zero attached hydrogens (tertiary/aromatic N) is 3. The molecule has 6 heteroatoms. The molecule has 106 valence electrons. The summed E-state index contributed by atoms with van der Waals surface area (Å²) >= 11 is 0. The standard InChI is InChI=1S/C16H10N4O2/c21-14-9-11(10-5-1-2-6-12(10)18-14)16-19-15(20-22-16)13-7-3-4-8-17-13/h1-9H,(H,18,21). The lowest BCUT2D eigenvalue weighted by Crippen LogP contribution is -2.04. The zero-order valence-corrected chi connectivity index (χ0v) is 11.4. The molecule has 3 aromatic heterocycles. The van der Waals surface area contributed by atoms with E-state index in [1.807, 2.05) is 36.4 Å². The molecule has 0 unspecified atom stereocenters. The number of hydrogen-bond donors (Lipinski definition) is 1. The zero-order valence-electron chi connectivity index (χ0n) is 11.4. The number of para-hydroxylation sites is 1. The van der Waals surface area contributed by atoms with Crippen molar-refractivity contribution in [1.82, 2.24) is 20.1 Å². The maximum atomic E-state index is 11.8. The van der Waals surface area contributed by atoms with Crippen LogP contribution in [0.5, 0.6) is 0 Å². The Bertz CT molecular complexity index is 1010. The van der Waals surface area contributed by atoms with Crippen LogP contribution in [0, 0.1) is 0 Å². The van der Waals surface area contributed by atoms with Crippen molar-refractivity contribution in [2.45, 2.75) is 0 Å². The molecule has 0 aliphatic heterocycles. The highest BCUT2D eigenvalue weighted by Crippen LogP contribution is 2.26. The molecule has 0 atom stereocenters. The summed E-state index contributed by atoms with van der Waals surface area (Å²) in [7, 11) is 0. The lowest BCUT2D eigenvalue weighted by atomic mass is 10.1. The Morgan fingerprint density at radius 2 is 1.91 bits per heavy atom. The normalized spacial score (nSPS) is 10.9. The first-order valence-corrected chi connectivity index (χ1v) is 6.69. The van der Waals surface area contributed by atoms with E-state index < -0.39 is 0 Å². The number of rotatable bonds is 2. The van der Waals surface area contributed by atoms with Crippen LogP contribution < -0.4 is 5.56 Å². The molecule has 6 nitrogen and oxygen atoms in total. The van der Waals surface area contributed by atoms with Gasteiger partial charge in [0.1, 0.15) is 5.69 Å². The van der Waals surface area contributed by atoms with Crippen molar-refractivity contribution in [3.05, 3.63) is 65.1 Å². The predicted octanol–water partition coefficient (Wildman–Crippen LogP) is 2.64. The first-order valence-electron chi connectivity index (χ1n) is 6.69. The van der Waals surface area contributed by atoms with Crippen LogP contribution in [-0.2, 0) is 0 Å². The third-order valence-electron chi connectivity index (χ3n) is 3.30. The van der Waals surface area contributed by atoms with Gasteiger partial charge >= 0.3 is 0 Å². The van der Waals surface area contributed by atoms with Crippen LogP contribution >= 0.6 is 0 Å². The van der Waals surface area contributed by atoms with Crippen LogP contribution in [0.15, 0.2) is 64.0 Å². The lowest BCUT2D eigenvalue weighted by molar-refractivity contribution is 0.432. The molecule has 1 N–H and O–H groups in total. The van der Waals surface area contributed by atoms with E-state index in [1.165, 1.54) is 6.07 Å². The van der Waals surface area contributed by atoms with Crippen LogP contribution in [0.4, 0.5) is 0 Å². The molecule has 0 aliphatic carbocycles. The minimum atomic E-state index is -0.216. The van der Waals surface area contributed by atoms with Crippen molar-refractivity contribution >= 4 is 10.9 Å². The molecule has 4 rings (SSSR count). The van der Waals surface area contributed by atoms with Gasteiger partial charge in [-0.1, -0.05) is 29.4 Å². The Balaban J connectivity index is 1.90.